The molecule has 0 unspecified atom stereocenters. The summed E-state index contributed by atoms with van der Waals surface area (Å²) < 4.78 is 0. The lowest BCUT2D eigenvalue weighted by Gasteiger charge is -2.42. The molecule has 2 rings (SSSR count). The van der Waals surface area contributed by atoms with Crippen molar-refractivity contribution in [3.63, 3.8) is 0 Å². The quantitative estimate of drug-likeness (QED) is 0.831. The minimum Gasteiger partial charge on any atom is -0.317 e. The molecular weight excluding hydrogens is 262 g/mol. The molecule has 2 N–H and O–H groups in total. The Morgan fingerprint density at radius 3 is 2.84 bits per heavy atom. The van der Waals surface area contributed by atoms with Crippen molar-refractivity contribution in [3.8, 4) is 0 Å². The summed E-state index contributed by atoms with van der Waals surface area (Å²) in [7, 11) is 0. The molecule has 19 heavy (non-hydrogen) atoms. The lowest BCUT2D eigenvalue weighted by molar-refractivity contribution is 0.123. The van der Waals surface area contributed by atoms with E-state index in [1.54, 1.807) is 6.07 Å². The maximum atomic E-state index is 12.3. The molecule has 1 aliphatic rings. The third-order valence-corrected chi connectivity index (χ3v) is 3.88. The Labute approximate surface area is 119 Å². The average molecular weight is 282 g/mol. The first-order valence-electron chi connectivity index (χ1n) is 6.46. The summed E-state index contributed by atoms with van der Waals surface area (Å²) in [6, 6.07) is 5.48. The number of rotatable bonds is 1. The Morgan fingerprint density at radius 2 is 2.21 bits per heavy atom. The van der Waals surface area contributed by atoms with Gasteiger partial charge in [-0.05, 0) is 38.5 Å². The average Bonchev–Trinajstić information content (AvgIpc) is 2.33. The number of halogens is 1. The molecule has 104 valence electrons. The van der Waals surface area contributed by atoms with Crippen LogP contribution in [-0.2, 0) is 0 Å². The summed E-state index contributed by atoms with van der Waals surface area (Å²) >= 11 is 6.06. The van der Waals surface area contributed by atoms with Gasteiger partial charge in [-0.1, -0.05) is 17.7 Å². The highest BCUT2D eigenvalue weighted by Gasteiger charge is 2.33. The first-order valence-corrected chi connectivity index (χ1v) is 6.83. The smallest absolute Gasteiger partial charge is 0.317 e. The summed E-state index contributed by atoms with van der Waals surface area (Å²) in [6.45, 7) is 8.38. The monoisotopic (exact) mass is 281 g/mol. The summed E-state index contributed by atoms with van der Waals surface area (Å²) in [4.78, 5) is 14.2. The molecular formula is C14H20ClN3O. The van der Waals surface area contributed by atoms with Crippen LogP contribution >= 0.6 is 11.6 Å². The van der Waals surface area contributed by atoms with Crippen LogP contribution in [0, 0.1) is 6.92 Å². The second-order valence-electron chi connectivity index (χ2n) is 5.53. The third kappa shape index (κ3) is 3.19. The minimum atomic E-state index is -0.184. The van der Waals surface area contributed by atoms with Gasteiger partial charge in [0.2, 0.25) is 0 Å². The molecule has 0 radical (unpaired) electrons. The molecule has 1 aromatic carbocycles. The van der Waals surface area contributed by atoms with Crippen LogP contribution in [0.2, 0.25) is 5.02 Å². The zero-order chi connectivity index (χ0) is 14.0. The summed E-state index contributed by atoms with van der Waals surface area (Å²) in [5.74, 6) is 0. The van der Waals surface area contributed by atoms with E-state index >= 15 is 0 Å². The normalized spacial score (nSPS) is 18.2. The van der Waals surface area contributed by atoms with E-state index in [0.717, 1.165) is 24.3 Å². The standard InChI is InChI=1S/C14H20ClN3O/c1-10-4-5-11(8-12(10)15)17-13(19)18-7-6-16-9-14(18,2)3/h4-5,8,16H,6-7,9H2,1-3H3,(H,17,19). The number of carbonyl (C=O) groups excluding carboxylic acids is 1. The lowest BCUT2D eigenvalue weighted by Crippen LogP contribution is -2.60. The van der Waals surface area contributed by atoms with E-state index in [-0.39, 0.29) is 11.6 Å². The van der Waals surface area contributed by atoms with Crippen LogP contribution in [0.5, 0.6) is 0 Å². The Morgan fingerprint density at radius 1 is 1.47 bits per heavy atom. The molecule has 1 aromatic rings. The van der Waals surface area contributed by atoms with Gasteiger partial charge >= 0.3 is 6.03 Å². The molecule has 5 heteroatoms. The topological polar surface area (TPSA) is 44.4 Å². The van der Waals surface area contributed by atoms with Gasteiger partial charge in [0, 0.05) is 30.3 Å². The van der Waals surface area contributed by atoms with Gasteiger partial charge in [-0.2, -0.15) is 0 Å². The maximum Gasteiger partial charge on any atom is 0.322 e. The van der Waals surface area contributed by atoms with Crippen LogP contribution in [0.4, 0.5) is 10.5 Å². The molecule has 0 aromatic heterocycles. The zero-order valence-electron chi connectivity index (χ0n) is 11.6. The van der Waals surface area contributed by atoms with Crippen molar-refractivity contribution in [2.75, 3.05) is 25.0 Å². The number of hydrogen-bond acceptors (Lipinski definition) is 2. The highest BCUT2D eigenvalue weighted by molar-refractivity contribution is 6.31. The van der Waals surface area contributed by atoms with Crippen LogP contribution in [0.3, 0.4) is 0 Å². The van der Waals surface area contributed by atoms with Gasteiger partial charge in [0.05, 0.1) is 5.54 Å². The summed E-state index contributed by atoms with van der Waals surface area (Å²) in [6.07, 6.45) is 0. The number of nitrogens with one attached hydrogen (secondary N) is 2. The molecule has 0 saturated carbocycles. The molecule has 1 heterocycles. The highest BCUT2D eigenvalue weighted by atomic mass is 35.5. The molecule has 1 aliphatic heterocycles. The van der Waals surface area contributed by atoms with E-state index < -0.39 is 0 Å². The number of piperazine rings is 1. The molecule has 1 fully saturated rings. The maximum absolute atomic E-state index is 12.3. The van der Waals surface area contributed by atoms with E-state index in [0.29, 0.717) is 11.6 Å². The van der Waals surface area contributed by atoms with Gasteiger partial charge in [0.1, 0.15) is 0 Å². The van der Waals surface area contributed by atoms with Gasteiger partial charge in [-0.3, -0.25) is 0 Å². The number of hydrogen-bond donors (Lipinski definition) is 2. The fourth-order valence-corrected chi connectivity index (χ4v) is 2.40. The van der Waals surface area contributed by atoms with Gasteiger partial charge in [0.25, 0.3) is 0 Å². The molecule has 4 nitrogen and oxygen atoms in total. The predicted molar refractivity (Wildman–Crippen MR) is 78.9 cm³/mol. The Balaban J connectivity index is 2.09. The third-order valence-electron chi connectivity index (χ3n) is 3.47. The van der Waals surface area contributed by atoms with E-state index in [9.17, 15) is 4.79 Å². The van der Waals surface area contributed by atoms with Gasteiger partial charge in [-0.25, -0.2) is 4.79 Å². The van der Waals surface area contributed by atoms with Gasteiger partial charge < -0.3 is 15.5 Å². The Hall–Kier alpha value is -1.26. The predicted octanol–water partition coefficient (Wildman–Crippen LogP) is 2.86. The molecule has 1 saturated heterocycles. The van der Waals surface area contributed by atoms with Crippen molar-refractivity contribution in [3.05, 3.63) is 28.8 Å². The van der Waals surface area contributed by atoms with Crippen molar-refractivity contribution in [2.24, 2.45) is 0 Å². The number of aryl methyl sites for hydroxylation is 1. The number of nitrogens with zero attached hydrogens (tertiary/aromatic N) is 1. The largest absolute Gasteiger partial charge is 0.322 e. The van der Waals surface area contributed by atoms with Crippen LogP contribution in [0.25, 0.3) is 0 Å². The number of carbonyl (C=O) groups is 1. The number of urea groups is 1. The van der Waals surface area contributed by atoms with Crippen molar-refractivity contribution >= 4 is 23.3 Å². The minimum absolute atomic E-state index is 0.0774. The SMILES string of the molecule is Cc1ccc(NC(=O)N2CCNCC2(C)C)cc1Cl. The van der Waals surface area contributed by atoms with Crippen LogP contribution in [0.15, 0.2) is 18.2 Å². The number of benzene rings is 1. The fourth-order valence-electron chi connectivity index (χ4n) is 2.22. The Bertz CT molecular complexity index is 488. The highest BCUT2D eigenvalue weighted by Crippen LogP contribution is 2.22. The second-order valence-corrected chi connectivity index (χ2v) is 5.94. The van der Waals surface area contributed by atoms with Crippen molar-refractivity contribution < 1.29 is 4.79 Å². The molecule has 2 amide bonds. The number of amides is 2. The summed E-state index contributed by atoms with van der Waals surface area (Å²) in [5.41, 5.74) is 1.55. The van der Waals surface area contributed by atoms with Crippen molar-refractivity contribution in [1.29, 1.82) is 0 Å². The van der Waals surface area contributed by atoms with E-state index in [4.69, 9.17) is 11.6 Å². The molecule has 0 spiro atoms. The second kappa shape index (κ2) is 5.39. The van der Waals surface area contributed by atoms with Crippen LogP contribution in [-0.4, -0.2) is 36.1 Å². The first-order chi connectivity index (χ1) is 8.90. The van der Waals surface area contributed by atoms with Gasteiger partial charge in [-0.15, -0.1) is 0 Å². The van der Waals surface area contributed by atoms with E-state index in [1.165, 1.54) is 0 Å². The molecule has 0 aliphatic carbocycles. The van der Waals surface area contributed by atoms with Crippen molar-refractivity contribution in [2.45, 2.75) is 26.3 Å². The van der Waals surface area contributed by atoms with E-state index in [1.807, 2.05) is 24.0 Å². The van der Waals surface area contributed by atoms with Crippen LogP contribution in [0.1, 0.15) is 19.4 Å². The lowest BCUT2D eigenvalue weighted by atomic mass is 10.0. The van der Waals surface area contributed by atoms with E-state index in [2.05, 4.69) is 24.5 Å². The zero-order valence-corrected chi connectivity index (χ0v) is 12.3. The van der Waals surface area contributed by atoms with Crippen molar-refractivity contribution in [1.82, 2.24) is 10.2 Å². The van der Waals surface area contributed by atoms with Crippen LogP contribution < -0.4 is 10.6 Å². The summed E-state index contributed by atoms with van der Waals surface area (Å²) in [5, 5.41) is 6.87. The first kappa shape index (κ1) is 14.2. The Kier molecular flexibility index (Phi) is 4.02. The molecule has 0 bridgehead atoms. The molecule has 0 atom stereocenters. The number of anilines is 1. The fraction of sp³-hybridized carbons (Fsp3) is 0.500. The van der Waals surface area contributed by atoms with Gasteiger partial charge in [0.15, 0.2) is 0 Å².